The van der Waals surface area contributed by atoms with E-state index >= 15 is 0 Å². The third-order valence-electron chi connectivity index (χ3n) is 2.45. The first kappa shape index (κ1) is 12.9. The summed E-state index contributed by atoms with van der Waals surface area (Å²) >= 11 is 0. The highest BCUT2D eigenvalue weighted by atomic mass is 15.1. The number of hydrogen-bond donors (Lipinski definition) is 1. The van der Waals surface area contributed by atoms with Gasteiger partial charge in [-0.2, -0.15) is 0 Å². The predicted octanol–water partition coefficient (Wildman–Crippen LogP) is 2.20. The first-order chi connectivity index (χ1) is 7.61. The number of nitrogens with two attached hydrogens (primary N) is 1. The van der Waals surface area contributed by atoms with E-state index < -0.39 is 0 Å². The normalized spacial score (nSPS) is 10.8. The number of nitrogens with zero attached hydrogens (tertiary/aromatic N) is 1. The summed E-state index contributed by atoms with van der Waals surface area (Å²) in [5.74, 6) is 0. The SMILES string of the molecule is C=C(C)CN(C)Cc1ccc(CCN)cc1. The Hall–Kier alpha value is -1.12. The Bertz CT molecular complexity index is 327. The minimum atomic E-state index is 0.717. The van der Waals surface area contributed by atoms with E-state index in [0.717, 1.165) is 26.1 Å². The van der Waals surface area contributed by atoms with E-state index in [-0.39, 0.29) is 0 Å². The Morgan fingerprint density at radius 2 is 1.81 bits per heavy atom. The van der Waals surface area contributed by atoms with Crippen LogP contribution in [0, 0.1) is 0 Å². The van der Waals surface area contributed by atoms with Crippen LogP contribution in [-0.4, -0.2) is 25.0 Å². The average molecular weight is 218 g/mol. The second kappa shape index (κ2) is 6.46. The van der Waals surface area contributed by atoms with Gasteiger partial charge >= 0.3 is 0 Å². The van der Waals surface area contributed by atoms with Crippen LogP contribution in [0.2, 0.25) is 0 Å². The summed E-state index contributed by atoms with van der Waals surface area (Å²) in [6, 6.07) is 8.69. The lowest BCUT2D eigenvalue weighted by atomic mass is 10.1. The molecule has 0 amide bonds. The van der Waals surface area contributed by atoms with Crippen LogP contribution in [0.4, 0.5) is 0 Å². The highest BCUT2D eigenvalue weighted by Crippen LogP contribution is 2.07. The van der Waals surface area contributed by atoms with Crippen LogP contribution in [-0.2, 0) is 13.0 Å². The summed E-state index contributed by atoms with van der Waals surface area (Å²) in [7, 11) is 2.11. The lowest BCUT2D eigenvalue weighted by molar-refractivity contribution is 0.355. The van der Waals surface area contributed by atoms with Gasteiger partial charge in [0.2, 0.25) is 0 Å². The van der Waals surface area contributed by atoms with Crippen molar-refractivity contribution in [1.29, 1.82) is 0 Å². The maximum Gasteiger partial charge on any atom is 0.0234 e. The summed E-state index contributed by atoms with van der Waals surface area (Å²) in [5.41, 5.74) is 9.36. The molecule has 0 unspecified atom stereocenters. The minimum absolute atomic E-state index is 0.717. The monoisotopic (exact) mass is 218 g/mol. The van der Waals surface area contributed by atoms with Gasteiger partial charge in [-0.25, -0.2) is 0 Å². The van der Waals surface area contributed by atoms with Gasteiger partial charge in [0.15, 0.2) is 0 Å². The van der Waals surface area contributed by atoms with E-state index in [4.69, 9.17) is 5.73 Å². The van der Waals surface area contributed by atoms with Crippen LogP contribution in [0.3, 0.4) is 0 Å². The molecule has 0 heterocycles. The first-order valence-corrected chi connectivity index (χ1v) is 5.72. The van der Waals surface area contributed by atoms with Gasteiger partial charge in [0.1, 0.15) is 0 Å². The van der Waals surface area contributed by atoms with Crippen molar-refractivity contribution >= 4 is 0 Å². The molecule has 0 aliphatic rings. The molecule has 0 radical (unpaired) electrons. The molecular formula is C14H22N2. The van der Waals surface area contributed by atoms with Gasteiger partial charge in [0.05, 0.1) is 0 Å². The molecular weight excluding hydrogens is 196 g/mol. The maximum absolute atomic E-state index is 5.52. The van der Waals surface area contributed by atoms with Crippen LogP contribution >= 0.6 is 0 Å². The van der Waals surface area contributed by atoms with Gasteiger partial charge in [-0.15, -0.1) is 0 Å². The van der Waals surface area contributed by atoms with Crippen molar-refractivity contribution in [3.8, 4) is 0 Å². The number of likely N-dealkylation sites (N-methyl/N-ethyl adjacent to an activating group) is 1. The smallest absolute Gasteiger partial charge is 0.0234 e. The van der Waals surface area contributed by atoms with Gasteiger partial charge in [-0.1, -0.05) is 36.4 Å². The molecule has 0 saturated carbocycles. The Morgan fingerprint density at radius 3 is 2.31 bits per heavy atom. The molecule has 0 bridgehead atoms. The second-order valence-corrected chi connectivity index (χ2v) is 4.48. The van der Waals surface area contributed by atoms with Crippen molar-refractivity contribution in [2.24, 2.45) is 5.73 Å². The summed E-state index contributed by atoms with van der Waals surface area (Å²) < 4.78 is 0. The Labute approximate surface area is 98.8 Å². The molecule has 2 nitrogen and oxygen atoms in total. The number of hydrogen-bond acceptors (Lipinski definition) is 2. The van der Waals surface area contributed by atoms with E-state index in [9.17, 15) is 0 Å². The van der Waals surface area contributed by atoms with E-state index in [2.05, 4.69) is 49.7 Å². The molecule has 0 fully saturated rings. The van der Waals surface area contributed by atoms with Gasteiger partial charge in [-0.3, -0.25) is 4.90 Å². The van der Waals surface area contributed by atoms with Gasteiger partial charge < -0.3 is 5.73 Å². The van der Waals surface area contributed by atoms with Crippen molar-refractivity contribution in [3.63, 3.8) is 0 Å². The molecule has 2 N–H and O–H groups in total. The van der Waals surface area contributed by atoms with Crippen molar-refractivity contribution < 1.29 is 0 Å². The van der Waals surface area contributed by atoms with Crippen LogP contribution in [0.1, 0.15) is 18.1 Å². The van der Waals surface area contributed by atoms with E-state index in [1.165, 1.54) is 16.7 Å². The van der Waals surface area contributed by atoms with Gasteiger partial charge in [0, 0.05) is 13.1 Å². The third kappa shape index (κ3) is 4.60. The van der Waals surface area contributed by atoms with E-state index in [1.54, 1.807) is 0 Å². The number of rotatable bonds is 6. The lowest BCUT2D eigenvalue weighted by Gasteiger charge is -2.16. The predicted molar refractivity (Wildman–Crippen MR) is 70.3 cm³/mol. The molecule has 0 spiro atoms. The fourth-order valence-corrected chi connectivity index (χ4v) is 1.81. The van der Waals surface area contributed by atoms with Crippen molar-refractivity contribution in [2.45, 2.75) is 19.9 Å². The molecule has 1 aromatic rings. The van der Waals surface area contributed by atoms with Crippen molar-refractivity contribution in [2.75, 3.05) is 20.1 Å². The van der Waals surface area contributed by atoms with Crippen LogP contribution in [0.25, 0.3) is 0 Å². The molecule has 0 aromatic heterocycles. The molecule has 0 aliphatic carbocycles. The lowest BCUT2D eigenvalue weighted by Crippen LogP contribution is -2.19. The highest BCUT2D eigenvalue weighted by Gasteiger charge is 2.00. The average Bonchev–Trinajstić information content (AvgIpc) is 2.20. The third-order valence-corrected chi connectivity index (χ3v) is 2.45. The molecule has 2 heteroatoms. The van der Waals surface area contributed by atoms with Gasteiger partial charge in [0.25, 0.3) is 0 Å². The minimum Gasteiger partial charge on any atom is -0.330 e. The zero-order chi connectivity index (χ0) is 12.0. The van der Waals surface area contributed by atoms with Crippen LogP contribution in [0.5, 0.6) is 0 Å². The van der Waals surface area contributed by atoms with Crippen LogP contribution < -0.4 is 5.73 Å². The van der Waals surface area contributed by atoms with Gasteiger partial charge in [-0.05, 0) is 38.1 Å². The fourth-order valence-electron chi connectivity index (χ4n) is 1.81. The molecule has 88 valence electrons. The molecule has 0 atom stereocenters. The number of benzene rings is 1. The Balaban J connectivity index is 2.51. The summed E-state index contributed by atoms with van der Waals surface area (Å²) in [6.07, 6.45) is 0.960. The van der Waals surface area contributed by atoms with E-state index in [1.807, 2.05) is 0 Å². The van der Waals surface area contributed by atoms with E-state index in [0.29, 0.717) is 0 Å². The van der Waals surface area contributed by atoms with Crippen molar-refractivity contribution in [1.82, 2.24) is 4.90 Å². The Morgan fingerprint density at radius 1 is 1.25 bits per heavy atom. The molecule has 0 saturated heterocycles. The zero-order valence-corrected chi connectivity index (χ0v) is 10.4. The summed E-state index contributed by atoms with van der Waals surface area (Å²) in [6.45, 7) is 8.61. The molecule has 16 heavy (non-hydrogen) atoms. The maximum atomic E-state index is 5.52. The standard InChI is InChI=1S/C14H22N2/c1-12(2)10-16(3)11-14-6-4-13(5-7-14)8-9-15/h4-7H,1,8-11,15H2,2-3H3. The zero-order valence-electron chi connectivity index (χ0n) is 10.4. The summed E-state index contributed by atoms with van der Waals surface area (Å²) in [4.78, 5) is 2.26. The molecule has 1 rings (SSSR count). The second-order valence-electron chi connectivity index (χ2n) is 4.48. The first-order valence-electron chi connectivity index (χ1n) is 5.72. The quantitative estimate of drug-likeness (QED) is 0.742. The topological polar surface area (TPSA) is 29.3 Å². The highest BCUT2D eigenvalue weighted by molar-refractivity contribution is 5.22. The molecule has 1 aromatic carbocycles. The Kier molecular flexibility index (Phi) is 5.23. The fraction of sp³-hybridized carbons (Fsp3) is 0.429. The van der Waals surface area contributed by atoms with Crippen LogP contribution in [0.15, 0.2) is 36.4 Å². The largest absolute Gasteiger partial charge is 0.330 e. The molecule has 0 aliphatic heterocycles. The van der Waals surface area contributed by atoms with Crippen molar-refractivity contribution in [3.05, 3.63) is 47.5 Å². The summed E-state index contributed by atoms with van der Waals surface area (Å²) in [5, 5.41) is 0.